The van der Waals surface area contributed by atoms with E-state index in [9.17, 15) is 0 Å². The van der Waals surface area contributed by atoms with E-state index in [1.807, 2.05) is 59.3 Å². The van der Waals surface area contributed by atoms with E-state index < -0.39 is 5.79 Å². The number of halogens is 2. The summed E-state index contributed by atoms with van der Waals surface area (Å²) in [4.78, 5) is 4.12. The van der Waals surface area contributed by atoms with E-state index >= 15 is 0 Å². The maximum atomic E-state index is 6.52. The molecule has 0 N–H and O–H groups in total. The van der Waals surface area contributed by atoms with Gasteiger partial charge in [-0.15, -0.1) is 0 Å². The number of aromatic nitrogens is 2. The first-order chi connectivity index (χ1) is 16.1. The molecular formula is C26H22Cl2N2O3. The molecule has 1 aromatic heterocycles. The van der Waals surface area contributed by atoms with Crippen LogP contribution in [0.15, 0.2) is 91.5 Å². The lowest BCUT2D eigenvalue weighted by molar-refractivity contribution is -0.189. The highest BCUT2D eigenvalue weighted by Crippen LogP contribution is 2.40. The van der Waals surface area contributed by atoms with Crippen LogP contribution in [0.25, 0.3) is 11.1 Å². The molecule has 0 bridgehead atoms. The first kappa shape index (κ1) is 22.0. The van der Waals surface area contributed by atoms with Gasteiger partial charge in [-0.2, -0.15) is 0 Å². The number of rotatable bonds is 7. The molecule has 7 heteroatoms. The summed E-state index contributed by atoms with van der Waals surface area (Å²) in [5, 5.41) is 1.04. The van der Waals surface area contributed by atoms with Gasteiger partial charge in [0.1, 0.15) is 18.5 Å². The summed E-state index contributed by atoms with van der Waals surface area (Å²) in [6, 6.07) is 23.6. The Kier molecular flexibility index (Phi) is 6.38. The molecule has 1 fully saturated rings. The Morgan fingerprint density at radius 1 is 1.00 bits per heavy atom. The van der Waals surface area contributed by atoms with Crippen LogP contribution in [0, 0.1) is 0 Å². The van der Waals surface area contributed by atoms with Crippen LogP contribution in [0.5, 0.6) is 5.75 Å². The van der Waals surface area contributed by atoms with Crippen LogP contribution >= 0.6 is 23.2 Å². The predicted octanol–water partition coefficient (Wildman–Crippen LogP) is 6.20. The molecule has 1 aliphatic heterocycles. The number of benzene rings is 3. The standard InChI is InChI=1S/C26H22Cl2N2O3/c27-21-8-11-24(25(28)14-21)26(17-30-13-12-29-18-30)32-16-23(33-26)15-31-22-9-6-20(7-10-22)19-4-2-1-3-5-19/h1-14,18,23H,15-17H2/t23-,26+/m0/s1. The van der Waals surface area contributed by atoms with Crippen molar-refractivity contribution >= 4 is 23.2 Å². The molecule has 2 atom stereocenters. The van der Waals surface area contributed by atoms with E-state index in [2.05, 4.69) is 17.1 Å². The second-order valence-electron chi connectivity index (χ2n) is 7.86. The molecule has 3 aromatic carbocycles. The summed E-state index contributed by atoms with van der Waals surface area (Å²) in [7, 11) is 0. The highest BCUT2D eigenvalue weighted by atomic mass is 35.5. The van der Waals surface area contributed by atoms with Crippen molar-refractivity contribution in [3.05, 3.63) is 107 Å². The van der Waals surface area contributed by atoms with Crippen LogP contribution in [0.2, 0.25) is 10.0 Å². The van der Waals surface area contributed by atoms with E-state index in [-0.39, 0.29) is 6.10 Å². The van der Waals surface area contributed by atoms with Gasteiger partial charge in [0, 0.05) is 23.0 Å². The zero-order chi connectivity index (χ0) is 22.7. The number of ether oxygens (including phenoxy) is 3. The first-order valence-corrected chi connectivity index (χ1v) is 11.4. The quantitative estimate of drug-likeness (QED) is 0.315. The zero-order valence-electron chi connectivity index (χ0n) is 17.7. The van der Waals surface area contributed by atoms with Crippen LogP contribution in [0.1, 0.15) is 5.56 Å². The smallest absolute Gasteiger partial charge is 0.215 e. The summed E-state index contributed by atoms with van der Waals surface area (Å²) in [6.45, 7) is 1.12. The fourth-order valence-corrected chi connectivity index (χ4v) is 4.49. The average Bonchev–Trinajstić information content (AvgIpc) is 3.49. The molecule has 2 heterocycles. The zero-order valence-corrected chi connectivity index (χ0v) is 19.2. The van der Waals surface area contributed by atoms with Gasteiger partial charge >= 0.3 is 0 Å². The van der Waals surface area contributed by atoms with Gasteiger partial charge in [0.15, 0.2) is 0 Å². The highest BCUT2D eigenvalue weighted by Gasteiger charge is 2.45. The van der Waals surface area contributed by atoms with Gasteiger partial charge in [0.2, 0.25) is 5.79 Å². The van der Waals surface area contributed by atoms with Crippen LogP contribution in [-0.4, -0.2) is 28.9 Å². The normalized spacial score (nSPS) is 20.1. The number of nitrogens with zero attached hydrogens (tertiary/aromatic N) is 2. The van der Waals surface area contributed by atoms with Crippen molar-refractivity contribution in [1.29, 1.82) is 0 Å². The summed E-state index contributed by atoms with van der Waals surface area (Å²) in [5.41, 5.74) is 3.03. The maximum absolute atomic E-state index is 6.52. The van der Waals surface area contributed by atoms with Gasteiger partial charge in [-0.25, -0.2) is 4.98 Å². The molecule has 0 amide bonds. The third-order valence-electron chi connectivity index (χ3n) is 5.55. The fraction of sp³-hybridized carbons (Fsp3) is 0.192. The minimum Gasteiger partial charge on any atom is -0.491 e. The predicted molar refractivity (Wildman–Crippen MR) is 129 cm³/mol. The first-order valence-electron chi connectivity index (χ1n) is 10.6. The largest absolute Gasteiger partial charge is 0.491 e. The summed E-state index contributed by atoms with van der Waals surface area (Å²) < 4.78 is 20.6. The minimum atomic E-state index is -1.06. The lowest BCUT2D eigenvalue weighted by Crippen LogP contribution is -2.34. The average molecular weight is 481 g/mol. The van der Waals surface area contributed by atoms with Crippen molar-refractivity contribution in [2.45, 2.75) is 18.4 Å². The van der Waals surface area contributed by atoms with Gasteiger partial charge in [0.05, 0.1) is 24.5 Å². The molecule has 5 nitrogen and oxygen atoms in total. The number of imidazole rings is 1. The molecule has 33 heavy (non-hydrogen) atoms. The Labute approximate surface area is 202 Å². The Morgan fingerprint density at radius 2 is 1.79 bits per heavy atom. The number of hydrogen-bond acceptors (Lipinski definition) is 4. The lowest BCUT2D eigenvalue weighted by Gasteiger charge is -2.30. The molecule has 1 aliphatic rings. The van der Waals surface area contributed by atoms with Crippen LogP contribution in [-0.2, 0) is 21.8 Å². The Balaban J connectivity index is 1.29. The second-order valence-corrected chi connectivity index (χ2v) is 8.71. The van der Waals surface area contributed by atoms with Crippen molar-refractivity contribution < 1.29 is 14.2 Å². The minimum absolute atomic E-state index is 0.269. The summed E-state index contributed by atoms with van der Waals surface area (Å²) >= 11 is 12.6. The summed E-state index contributed by atoms with van der Waals surface area (Å²) in [6.07, 6.45) is 5.02. The van der Waals surface area contributed by atoms with E-state index in [1.54, 1.807) is 24.7 Å². The van der Waals surface area contributed by atoms with E-state index in [1.165, 1.54) is 5.56 Å². The van der Waals surface area contributed by atoms with Crippen LogP contribution in [0.4, 0.5) is 0 Å². The van der Waals surface area contributed by atoms with Crippen molar-refractivity contribution in [3.63, 3.8) is 0 Å². The molecule has 0 saturated carbocycles. The molecule has 4 aromatic rings. The fourth-order valence-electron chi connectivity index (χ4n) is 3.94. The van der Waals surface area contributed by atoms with Gasteiger partial charge in [0.25, 0.3) is 0 Å². The van der Waals surface area contributed by atoms with Crippen molar-refractivity contribution in [1.82, 2.24) is 9.55 Å². The Hall–Kier alpha value is -2.83. The maximum Gasteiger partial charge on any atom is 0.215 e. The Bertz CT molecular complexity index is 1200. The van der Waals surface area contributed by atoms with Gasteiger partial charge < -0.3 is 18.8 Å². The van der Waals surface area contributed by atoms with Crippen molar-refractivity contribution in [3.8, 4) is 16.9 Å². The number of hydrogen-bond donors (Lipinski definition) is 0. The second kappa shape index (κ2) is 9.57. The van der Waals surface area contributed by atoms with Gasteiger partial charge in [-0.05, 0) is 35.4 Å². The molecule has 0 aliphatic carbocycles. The molecule has 5 rings (SSSR count). The van der Waals surface area contributed by atoms with Crippen LogP contribution < -0.4 is 4.74 Å². The van der Waals surface area contributed by atoms with E-state index in [0.29, 0.717) is 29.8 Å². The molecule has 0 radical (unpaired) electrons. The SMILES string of the molecule is Clc1ccc([C@]2(Cn3ccnc3)OC[C@H](COc3ccc(-c4ccccc4)cc3)O2)c(Cl)c1. The molecule has 1 saturated heterocycles. The monoisotopic (exact) mass is 480 g/mol. The van der Waals surface area contributed by atoms with E-state index in [4.69, 9.17) is 37.4 Å². The molecular weight excluding hydrogens is 459 g/mol. The van der Waals surface area contributed by atoms with E-state index in [0.717, 1.165) is 16.9 Å². The molecule has 0 unspecified atom stereocenters. The highest BCUT2D eigenvalue weighted by molar-refractivity contribution is 6.35. The summed E-state index contributed by atoms with van der Waals surface area (Å²) in [5.74, 6) is -0.289. The third-order valence-corrected chi connectivity index (χ3v) is 6.10. The van der Waals surface area contributed by atoms with Crippen molar-refractivity contribution in [2.75, 3.05) is 13.2 Å². The third kappa shape index (κ3) is 4.92. The van der Waals surface area contributed by atoms with Gasteiger partial charge in [-0.1, -0.05) is 71.7 Å². The molecule has 168 valence electrons. The van der Waals surface area contributed by atoms with Gasteiger partial charge in [-0.3, -0.25) is 0 Å². The molecule has 0 spiro atoms. The van der Waals surface area contributed by atoms with Crippen molar-refractivity contribution in [2.24, 2.45) is 0 Å². The lowest BCUT2D eigenvalue weighted by atomic mass is 10.1. The van der Waals surface area contributed by atoms with Crippen LogP contribution in [0.3, 0.4) is 0 Å². The Morgan fingerprint density at radius 3 is 2.52 bits per heavy atom. The topological polar surface area (TPSA) is 45.5 Å².